The van der Waals surface area contributed by atoms with Gasteiger partial charge in [0.05, 0.1) is 21.9 Å². The zero-order chi connectivity index (χ0) is 28.7. The summed E-state index contributed by atoms with van der Waals surface area (Å²) in [5.41, 5.74) is -3.05. The molecule has 2 aliphatic rings. The highest BCUT2D eigenvalue weighted by atomic mass is 32.2. The molecule has 0 radical (unpaired) electrons. The van der Waals surface area contributed by atoms with Crippen molar-refractivity contribution in [2.24, 2.45) is 5.92 Å². The first-order valence-corrected chi connectivity index (χ1v) is 13.4. The summed E-state index contributed by atoms with van der Waals surface area (Å²) in [6, 6.07) is 2.34. The largest absolute Gasteiger partial charge is 0.481 e. The molecule has 15 heteroatoms. The molecular formula is C24H18F6N2O4S3. The van der Waals surface area contributed by atoms with Crippen LogP contribution in [0.5, 0.6) is 0 Å². The lowest BCUT2D eigenvalue weighted by atomic mass is 10.0. The molecular weight excluding hydrogens is 590 g/mol. The normalized spacial score (nSPS) is 21.2. The van der Waals surface area contributed by atoms with E-state index in [0.29, 0.717) is 29.9 Å². The van der Waals surface area contributed by atoms with E-state index in [4.69, 9.17) is 17.3 Å². The van der Waals surface area contributed by atoms with Crippen LogP contribution in [0, 0.1) is 5.92 Å². The molecule has 4 rings (SSSR count). The molecule has 2 fully saturated rings. The quantitative estimate of drug-likeness (QED) is 0.237. The Morgan fingerprint density at radius 3 is 2.26 bits per heavy atom. The number of carboxylic acid groups (broad SMARTS) is 1. The number of thiophene rings is 1. The van der Waals surface area contributed by atoms with Crippen molar-refractivity contribution < 1.29 is 45.8 Å². The van der Waals surface area contributed by atoms with Crippen LogP contribution in [0.15, 0.2) is 34.6 Å². The van der Waals surface area contributed by atoms with Crippen LogP contribution in [0.3, 0.4) is 0 Å². The van der Waals surface area contributed by atoms with Crippen molar-refractivity contribution >= 4 is 63.5 Å². The van der Waals surface area contributed by atoms with Gasteiger partial charge in [0.1, 0.15) is 10.9 Å². The third-order valence-electron chi connectivity index (χ3n) is 6.14. The molecule has 6 nitrogen and oxygen atoms in total. The minimum Gasteiger partial charge on any atom is -0.481 e. The monoisotopic (exact) mass is 608 g/mol. The molecule has 1 aromatic carbocycles. The number of carbonyl (C=O) groups excluding carboxylic acids is 2. The Bertz CT molecular complexity index is 1340. The van der Waals surface area contributed by atoms with Gasteiger partial charge in [0, 0.05) is 10.9 Å². The van der Waals surface area contributed by atoms with Gasteiger partial charge in [-0.15, -0.1) is 11.3 Å². The molecule has 2 amide bonds. The standard InChI is InChI=1S/C24H18F6N2O4S3/c25-23(26,27)14-3-12(4-15(7-14)24(28,29)30)13-6-17(38-10-13)8-18-20(34)32(22(37)39-18)9-19(33)31-16-2-1-11(5-16)21(35)36/h3-4,6-8,10-11,16H,1-2,5,9H2,(H,31,33)(H,35,36)/b18-8-/t11-,16+/m1/s1. The molecule has 0 unspecified atom stereocenters. The van der Waals surface area contributed by atoms with Crippen molar-refractivity contribution in [3.8, 4) is 11.1 Å². The smallest absolute Gasteiger partial charge is 0.416 e. The Morgan fingerprint density at radius 2 is 1.69 bits per heavy atom. The predicted molar refractivity (Wildman–Crippen MR) is 137 cm³/mol. The van der Waals surface area contributed by atoms with Gasteiger partial charge >= 0.3 is 18.3 Å². The number of nitrogens with zero attached hydrogens (tertiary/aromatic N) is 1. The van der Waals surface area contributed by atoms with Crippen LogP contribution in [-0.2, 0) is 26.7 Å². The maximum absolute atomic E-state index is 13.2. The summed E-state index contributed by atoms with van der Waals surface area (Å²) in [5, 5.41) is 13.2. The van der Waals surface area contributed by atoms with Gasteiger partial charge in [-0.3, -0.25) is 19.3 Å². The number of hydrogen-bond donors (Lipinski definition) is 2. The van der Waals surface area contributed by atoms with E-state index in [9.17, 15) is 40.7 Å². The molecule has 1 aliphatic carbocycles. The summed E-state index contributed by atoms with van der Waals surface area (Å²) >= 11 is 7.11. The fourth-order valence-corrected chi connectivity index (χ4v) is 6.39. The average Bonchev–Trinajstić information content (AvgIpc) is 3.55. The fraction of sp³-hybridized carbons (Fsp3) is 0.333. The number of thioether (sulfide) groups is 1. The summed E-state index contributed by atoms with van der Waals surface area (Å²) in [7, 11) is 0. The van der Waals surface area contributed by atoms with Gasteiger partial charge in [-0.1, -0.05) is 24.0 Å². The van der Waals surface area contributed by atoms with Crippen molar-refractivity contribution in [2.75, 3.05) is 6.54 Å². The number of rotatable bonds is 6. The fourth-order valence-electron chi connectivity index (χ4n) is 4.22. The van der Waals surface area contributed by atoms with Gasteiger partial charge in [0.2, 0.25) is 5.91 Å². The average molecular weight is 609 g/mol. The van der Waals surface area contributed by atoms with E-state index < -0.39 is 47.2 Å². The minimum atomic E-state index is -4.98. The number of amides is 2. The van der Waals surface area contributed by atoms with E-state index in [1.165, 1.54) is 17.5 Å². The first-order valence-electron chi connectivity index (χ1n) is 11.3. The van der Waals surface area contributed by atoms with Crippen molar-refractivity contribution in [3.05, 3.63) is 50.6 Å². The van der Waals surface area contributed by atoms with Crippen LogP contribution < -0.4 is 5.32 Å². The summed E-state index contributed by atoms with van der Waals surface area (Å²) < 4.78 is 79.4. The van der Waals surface area contributed by atoms with Gasteiger partial charge in [-0.25, -0.2) is 0 Å². The molecule has 1 aliphatic heterocycles. The highest BCUT2D eigenvalue weighted by Gasteiger charge is 2.38. The molecule has 208 valence electrons. The Morgan fingerprint density at radius 1 is 1.05 bits per heavy atom. The molecule has 39 heavy (non-hydrogen) atoms. The number of thiocarbonyl (C=S) groups is 1. The highest BCUT2D eigenvalue weighted by Crippen LogP contribution is 2.40. The van der Waals surface area contributed by atoms with Gasteiger partial charge in [0.25, 0.3) is 5.91 Å². The zero-order valence-electron chi connectivity index (χ0n) is 19.6. The molecule has 1 aromatic heterocycles. The van der Waals surface area contributed by atoms with Crippen molar-refractivity contribution in [1.82, 2.24) is 10.2 Å². The summed E-state index contributed by atoms with van der Waals surface area (Å²) in [6.07, 6.45) is -7.34. The van der Waals surface area contributed by atoms with Crippen LogP contribution in [0.2, 0.25) is 0 Å². The maximum Gasteiger partial charge on any atom is 0.416 e. The van der Waals surface area contributed by atoms with Crippen LogP contribution in [0.4, 0.5) is 26.3 Å². The number of hydrogen-bond acceptors (Lipinski definition) is 6. The number of benzene rings is 1. The molecule has 2 atom stereocenters. The lowest BCUT2D eigenvalue weighted by Gasteiger charge is -2.17. The van der Waals surface area contributed by atoms with E-state index >= 15 is 0 Å². The van der Waals surface area contributed by atoms with Gasteiger partial charge in [-0.05, 0) is 66.1 Å². The number of aliphatic carboxylic acids is 1. The Hall–Kier alpha value is -2.91. The minimum absolute atomic E-state index is 0.0511. The second-order valence-electron chi connectivity index (χ2n) is 8.91. The van der Waals surface area contributed by atoms with E-state index in [0.717, 1.165) is 28.0 Å². The zero-order valence-corrected chi connectivity index (χ0v) is 22.0. The van der Waals surface area contributed by atoms with Crippen molar-refractivity contribution in [1.29, 1.82) is 0 Å². The SMILES string of the molecule is O=C(CN1C(=O)/C(=C/c2cc(-c3cc(C(F)(F)F)cc(C(F)(F)F)c3)cs2)SC1=S)N[C@H]1CC[C@@H](C(=O)O)C1. The molecule has 0 bridgehead atoms. The summed E-state index contributed by atoms with van der Waals surface area (Å²) in [5.74, 6) is -2.56. The van der Waals surface area contributed by atoms with Gasteiger partial charge in [-0.2, -0.15) is 26.3 Å². The van der Waals surface area contributed by atoms with E-state index in [2.05, 4.69) is 5.32 Å². The van der Waals surface area contributed by atoms with Crippen LogP contribution in [0.25, 0.3) is 17.2 Å². The Labute approximate surface area is 231 Å². The molecule has 2 N–H and O–H groups in total. The molecule has 2 aromatic rings. The van der Waals surface area contributed by atoms with Gasteiger partial charge in [0.15, 0.2) is 0 Å². The summed E-state index contributed by atoms with van der Waals surface area (Å²) in [6.45, 7) is -0.379. The van der Waals surface area contributed by atoms with Crippen molar-refractivity contribution in [2.45, 2.75) is 37.7 Å². The third-order valence-corrected chi connectivity index (χ3v) is 8.39. The maximum atomic E-state index is 13.2. The molecule has 2 heterocycles. The van der Waals surface area contributed by atoms with Crippen LogP contribution in [-0.4, -0.2) is 44.7 Å². The number of carboxylic acids is 1. The van der Waals surface area contributed by atoms with Crippen molar-refractivity contribution in [3.63, 3.8) is 0 Å². The molecule has 1 saturated heterocycles. The van der Waals surface area contributed by atoms with E-state index in [-0.39, 0.29) is 45.4 Å². The Balaban J connectivity index is 1.48. The lowest BCUT2D eigenvalue weighted by molar-refractivity contribution is -0.143. The lowest BCUT2D eigenvalue weighted by Crippen LogP contribution is -2.42. The number of nitrogens with one attached hydrogen (secondary N) is 1. The third kappa shape index (κ3) is 6.81. The predicted octanol–water partition coefficient (Wildman–Crippen LogP) is 6.02. The summed E-state index contributed by atoms with van der Waals surface area (Å²) in [4.78, 5) is 38.0. The van der Waals surface area contributed by atoms with E-state index in [1.54, 1.807) is 0 Å². The van der Waals surface area contributed by atoms with Crippen LogP contribution >= 0.6 is 35.3 Å². The second kappa shape index (κ2) is 10.9. The van der Waals surface area contributed by atoms with E-state index in [1.807, 2.05) is 0 Å². The number of halogens is 6. The Kier molecular flexibility index (Phi) is 8.15. The molecule has 0 spiro atoms. The first kappa shape index (κ1) is 29.1. The van der Waals surface area contributed by atoms with Gasteiger partial charge < -0.3 is 10.4 Å². The van der Waals surface area contributed by atoms with Crippen LogP contribution in [0.1, 0.15) is 35.3 Å². The number of carbonyl (C=O) groups is 3. The first-order chi connectivity index (χ1) is 18.1. The topological polar surface area (TPSA) is 86.7 Å². The number of alkyl halides is 6. The second-order valence-corrected chi connectivity index (χ2v) is 11.5. The molecule has 1 saturated carbocycles. The highest BCUT2D eigenvalue weighted by molar-refractivity contribution is 8.26.